The van der Waals surface area contributed by atoms with E-state index >= 15 is 0 Å². The summed E-state index contributed by atoms with van der Waals surface area (Å²) in [5, 5.41) is 0. The molecule has 0 radical (unpaired) electrons. The van der Waals surface area contributed by atoms with Gasteiger partial charge in [-0.15, -0.1) is 0 Å². The minimum atomic E-state index is -1.27. The first-order valence-electron chi connectivity index (χ1n) is 7.40. The molecule has 0 heterocycles. The van der Waals surface area contributed by atoms with Crippen LogP contribution in [0.4, 0.5) is 4.39 Å². The quantitative estimate of drug-likeness (QED) is 0.558. The Morgan fingerprint density at radius 3 is 2.13 bits per heavy atom. The van der Waals surface area contributed by atoms with Crippen molar-refractivity contribution in [2.75, 3.05) is 0 Å². The molecule has 2 aromatic rings. The predicted molar refractivity (Wildman–Crippen MR) is 93.0 cm³/mol. The van der Waals surface area contributed by atoms with Crippen molar-refractivity contribution < 1.29 is 13.7 Å². The van der Waals surface area contributed by atoms with E-state index in [0.717, 1.165) is 12.0 Å². The van der Waals surface area contributed by atoms with Gasteiger partial charge in [-0.2, -0.15) is 0 Å². The zero-order chi connectivity index (χ0) is 16.9. The Hall–Kier alpha value is -1.85. The number of halogens is 1. The summed E-state index contributed by atoms with van der Waals surface area (Å²) in [4.78, 5) is 0. The SMILES string of the molecule is CCC(C)(C)[S+]([O-])N=Cc1ccc(Oc2ccc(F)cc2)cc1. The molecule has 0 aliphatic heterocycles. The van der Waals surface area contributed by atoms with Crippen molar-refractivity contribution in [1.82, 2.24) is 0 Å². The van der Waals surface area contributed by atoms with Gasteiger partial charge >= 0.3 is 0 Å². The summed E-state index contributed by atoms with van der Waals surface area (Å²) < 4.78 is 34.3. The third-order valence-corrected chi connectivity index (χ3v) is 5.08. The normalized spacial score (nSPS) is 13.3. The number of ether oxygens (including phenoxy) is 1. The maximum absolute atomic E-state index is 12.8. The standard InChI is InChI=1S/C18H20FNO2S/c1-4-18(2,3)23(21)20-13-14-5-9-16(10-6-14)22-17-11-7-15(19)8-12-17/h5-13H,4H2,1-3H3. The summed E-state index contributed by atoms with van der Waals surface area (Å²) in [6, 6.07) is 13.1. The summed E-state index contributed by atoms with van der Waals surface area (Å²) >= 11 is -1.27. The first-order valence-corrected chi connectivity index (χ1v) is 8.51. The fraction of sp³-hybridized carbons (Fsp3) is 0.278. The fourth-order valence-electron chi connectivity index (χ4n) is 1.64. The largest absolute Gasteiger partial charge is 0.591 e. The highest BCUT2D eigenvalue weighted by Crippen LogP contribution is 2.23. The highest BCUT2D eigenvalue weighted by molar-refractivity contribution is 7.91. The molecule has 0 bridgehead atoms. The van der Waals surface area contributed by atoms with Crippen LogP contribution < -0.4 is 4.74 Å². The van der Waals surface area contributed by atoms with Crippen LogP contribution in [0.25, 0.3) is 0 Å². The molecule has 0 aliphatic rings. The van der Waals surface area contributed by atoms with Gasteiger partial charge in [0.2, 0.25) is 0 Å². The van der Waals surface area contributed by atoms with Crippen molar-refractivity contribution >= 4 is 17.6 Å². The van der Waals surface area contributed by atoms with Gasteiger partial charge in [0.25, 0.3) is 0 Å². The van der Waals surface area contributed by atoms with Crippen LogP contribution >= 0.6 is 0 Å². The summed E-state index contributed by atoms with van der Waals surface area (Å²) in [7, 11) is 0. The second-order valence-electron chi connectivity index (χ2n) is 5.72. The Bertz CT molecular complexity index is 654. The van der Waals surface area contributed by atoms with Crippen molar-refractivity contribution in [3.05, 3.63) is 59.9 Å². The lowest BCUT2D eigenvalue weighted by molar-refractivity contribution is 0.480. The summed E-state index contributed by atoms with van der Waals surface area (Å²) in [6.45, 7) is 5.86. The molecule has 0 aromatic heterocycles. The number of nitrogens with zero attached hydrogens (tertiary/aromatic N) is 1. The van der Waals surface area contributed by atoms with E-state index in [1.165, 1.54) is 12.1 Å². The first kappa shape index (κ1) is 17.5. The molecular weight excluding hydrogens is 313 g/mol. The lowest BCUT2D eigenvalue weighted by Gasteiger charge is -2.21. The summed E-state index contributed by atoms with van der Waals surface area (Å²) in [5.41, 5.74) is 0.844. The maximum Gasteiger partial charge on any atom is 0.147 e. The van der Waals surface area contributed by atoms with Crippen LogP contribution in [0, 0.1) is 5.82 Å². The first-order chi connectivity index (χ1) is 10.9. The molecule has 23 heavy (non-hydrogen) atoms. The molecule has 0 amide bonds. The molecule has 0 saturated heterocycles. The number of rotatable bonds is 6. The lowest BCUT2D eigenvalue weighted by Crippen LogP contribution is -2.29. The van der Waals surface area contributed by atoms with Crippen molar-refractivity contribution in [1.29, 1.82) is 0 Å². The molecule has 1 unspecified atom stereocenters. The number of benzene rings is 2. The average molecular weight is 333 g/mol. The molecule has 0 fully saturated rings. The molecule has 1 atom stereocenters. The lowest BCUT2D eigenvalue weighted by atomic mass is 10.1. The average Bonchev–Trinajstić information content (AvgIpc) is 2.56. The van der Waals surface area contributed by atoms with E-state index in [0.29, 0.717) is 11.5 Å². The van der Waals surface area contributed by atoms with Crippen LogP contribution in [0.3, 0.4) is 0 Å². The van der Waals surface area contributed by atoms with Crippen LogP contribution in [-0.2, 0) is 11.4 Å². The van der Waals surface area contributed by atoms with E-state index in [2.05, 4.69) is 4.40 Å². The second kappa shape index (κ2) is 7.62. The van der Waals surface area contributed by atoms with Crippen LogP contribution in [0.2, 0.25) is 0 Å². The van der Waals surface area contributed by atoms with Crippen LogP contribution in [0.1, 0.15) is 32.8 Å². The summed E-state index contributed by atoms with van der Waals surface area (Å²) in [5.74, 6) is 0.911. The van der Waals surface area contributed by atoms with E-state index in [1.807, 2.05) is 32.9 Å². The molecule has 122 valence electrons. The van der Waals surface area contributed by atoms with Gasteiger partial charge in [0.05, 0.1) is 6.21 Å². The summed E-state index contributed by atoms with van der Waals surface area (Å²) in [6.07, 6.45) is 2.40. The van der Waals surface area contributed by atoms with Gasteiger partial charge in [-0.25, -0.2) is 4.39 Å². The highest BCUT2D eigenvalue weighted by Gasteiger charge is 2.30. The van der Waals surface area contributed by atoms with Crippen molar-refractivity contribution in [3.8, 4) is 11.5 Å². The van der Waals surface area contributed by atoms with E-state index < -0.39 is 11.4 Å². The van der Waals surface area contributed by atoms with E-state index in [4.69, 9.17) is 4.74 Å². The van der Waals surface area contributed by atoms with E-state index in [9.17, 15) is 8.94 Å². The van der Waals surface area contributed by atoms with Gasteiger partial charge < -0.3 is 9.29 Å². The van der Waals surface area contributed by atoms with Crippen molar-refractivity contribution in [3.63, 3.8) is 0 Å². The van der Waals surface area contributed by atoms with Gasteiger partial charge in [-0.1, -0.05) is 11.3 Å². The molecule has 2 aromatic carbocycles. The smallest absolute Gasteiger partial charge is 0.147 e. The van der Waals surface area contributed by atoms with Gasteiger partial charge in [0.1, 0.15) is 33.4 Å². The third-order valence-electron chi connectivity index (χ3n) is 3.55. The fourth-order valence-corrected chi connectivity index (χ4v) is 2.39. The Kier molecular flexibility index (Phi) is 5.80. The van der Waals surface area contributed by atoms with E-state index in [1.54, 1.807) is 30.5 Å². The molecule has 3 nitrogen and oxygen atoms in total. The molecule has 5 heteroatoms. The zero-order valence-corrected chi connectivity index (χ0v) is 14.3. The minimum Gasteiger partial charge on any atom is -0.591 e. The van der Waals surface area contributed by atoms with Crippen LogP contribution in [-0.4, -0.2) is 15.5 Å². The third kappa shape index (κ3) is 5.08. The molecule has 0 spiro atoms. The molecular formula is C18H20FNO2S. The molecule has 2 rings (SSSR count). The minimum absolute atomic E-state index is 0.299. The Balaban J connectivity index is 2.00. The van der Waals surface area contributed by atoms with Gasteiger partial charge in [0.15, 0.2) is 0 Å². The maximum atomic E-state index is 12.8. The van der Waals surface area contributed by atoms with Gasteiger partial charge in [0, 0.05) is 0 Å². The molecule has 0 aliphatic carbocycles. The van der Waals surface area contributed by atoms with Gasteiger partial charge in [-0.3, -0.25) is 0 Å². The monoisotopic (exact) mass is 333 g/mol. The van der Waals surface area contributed by atoms with Gasteiger partial charge in [-0.05, 0) is 74.4 Å². The Labute approximate surface area is 139 Å². The zero-order valence-electron chi connectivity index (χ0n) is 13.5. The van der Waals surface area contributed by atoms with Crippen molar-refractivity contribution in [2.24, 2.45) is 4.40 Å². The molecule has 0 saturated carbocycles. The topological polar surface area (TPSA) is 44.7 Å². The Morgan fingerprint density at radius 2 is 1.61 bits per heavy atom. The molecule has 0 N–H and O–H groups in total. The number of hydrogen-bond donors (Lipinski definition) is 0. The van der Waals surface area contributed by atoms with Crippen LogP contribution in [0.15, 0.2) is 52.9 Å². The Morgan fingerprint density at radius 1 is 1.09 bits per heavy atom. The van der Waals surface area contributed by atoms with Crippen LogP contribution in [0.5, 0.6) is 11.5 Å². The number of hydrogen-bond acceptors (Lipinski definition) is 3. The van der Waals surface area contributed by atoms with Crippen molar-refractivity contribution in [2.45, 2.75) is 31.9 Å². The van der Waals surface area contributed by atoms with E-state index in [-0.39, 0.29) is 10.6 Å². The second-order valence-corrected chi connectivity index (χ2v) is 7.54. The predicted octanol–water partition coefficient (Wildman–Crippen LogP) is 4.89. The highest BCUT2D eigenvalue weighted by atomic mass is 32.2.